The van der Waals surface area contributed by atoms with Crippen molar-refractivity contribution in [3.63, 3.8) is 0 Å². The lowest BCUT2D eigenvalue weighted by Crippen LogP contribution is -2.38. The first kappa shape index (κ1) is 38.0. The van der Waals surface area contributed by atoms with Crippen LogP contribution < -0.4 is 10.0 Å². The molecule has 2 aliphatic carbocycles. The zero-order valence-corrected chi connectivity index (χ0v) is 33.9. The number of hydrogen-bond acceptors (Lipinski definition) is 11. The molecule has 304 valence electrons. The monoisotopic (exact) mass is 815 g/mol. The molecule has 0 unspecified atom stereocenters. The van der Waals surface area contributed by atoms with Gasteiger partial charge in [0.2, 0.25) is 21.8 Å². The normalized spacial score (nSPS) is 21.1. The number of aromatic nitrogens is 3. The van der Waals surface area contributed by atoms with Crippen molar-refractivity contribution in [2.24, 2.45) is 5.92 Å². The fourth-order valence-corrected chi connectivity index (χ4v) is 10.8. The van der Waals surface area contributed by atoms with E-state index in [1.165, 1.54) is 0 Å². The molecule has 3 N–H and O–H groups in total. The van der Waals surface area contributed by atoms with Gasteiger partial charge in [-0.1, -0.05) is 24.3 Å². The lowest BCUT2D eigenvalue weighted by atomic mass is 9.93. The lowest BCUT2D eigenvalue weighted by molar-refractivity contribution is -0.122. The van der Waals surface area contributed by atoms with Crippen molar-refractivity contribution in [3.8, 4) is 22.6 Å². The minimum Gasteiger partial charge on any atom is -0.433 e. The molecule has 0 bridgehead atoms. The first-order chi connectivity index (χ1) is 28.5. The van der Waals surface area contributed by atoms with Crippen molar-refractivity contribution in [1.29, 1.82) is 0 Å². The van der Waals surface area contributed by atoms with Gasteiger partial charge in [-0.25, -0.2) is 22.8 Å². The highest BCUT2D eigenvalue weighted by molar-refractivity contribution is 7.90. The molecule has 14 heteroatoms. The molecule has 2 saturated heterocycles. The number of rotatable bonds is 10. The number of sulfonamides is 1. The Balaban J connectivity index is 0.895. The smallest absolute Gasteiger partial charge is 0.237 e. The zero-order valence-electron chi connectivity index (χ0n) is 33.0. The fraction of sp³-hybridized carbons (Fsp3) is 0.378. The summed E-state index contributed by atoms with van der Waals surface area (Å²) in [5.41, 5.74) is 9.54. The Kier molecular flexibility index (Phi) is 9.50. The van der Waals surface area contributed by atoms with Gasteiger partial charge in [-0.15, -0.1) is 0 Å². The molecule has 0 radical (unpaired) electrons. The third kappa shape index (κ3) is 7.05. The van der Waals surface area contributed by atoms with E-state index in [0.29, 0.717) is 74.5 Å². The molecule has 3 aromatic heterocycles. The maximum Gasteiger partial charge on any atom is 0.237 e. The second-order valence-corrected chi connectivity index (χ2v) is 18.7. The molecule has 0 spiro atoms. The van der Waals surface area contributed by atoms with Crippen LogP contribution in [0.3, 0.4) is 0 Å². The molecule has 5 heterocycles. The standard InChI is InChI=1S/C45H46FN7O5S/c1-25-32(33-6-4-8-37(26(33)2)49-43-41-28(13-16-47-43)19-27(21-48-41)22-52-17-15-30(54)24-52)5-3-7-34(25)45-50-38-20-36-35(40(46)42(38)58-45)11-12-39(36)53-18-14-29(23-53)44(55)51-59(56,57)31-9-10-31/h3-8,13,16,19-21,29-31,39,54H,9-12,14-15,17-18,22-24H2,1-2H3,(H,47,49)(H,51,55)/t29-,30-,39-/m1/s1. The number of oxazole rings is 1. The maximum absolute atomic E-state index is 16.3. The van der Waals surface area contributed by atoms with Gasteiger partial charge in [0, 0.05) is 61.3 Å². The van der Waals surface area contributed by atoms with Crippen LogP contribution in [0, 0.1) is 25.6 Å². The number of halogens is 1. The Morgan fingerprint density at radius 1 is 0.949 bits per heavy atom. The third-order valence-corrected chi connectivity index (χ3v) is 14.6. The fourth-order valence-electron chi connectivity index (χ4n) is 9.38. The number of anilines is 2. The molecule has 4 aliphatic rings. The van der Waals surface area contributed by atoms with E-state index in [1.54, 1.807) is 6.20 Å². The molecule has 1 amide bonds. The Bertz CT molecular complexity index is 2770. The molecule has 59 heavy (non-hydrogen) atoms. The van der Waals surface area contributed by atoms with Crippen LogP contribution in [0.4, 0.5) is 15.9 Å². The molecule has 1 saturated carbocycles. The van der Waals surface area contributed by atoms with Gasteiger partial charge in [-0.05, 0) is 128 Å². The van der Waals surface area contributed by atoms with E-state index < -0.39 is 32.9 Å². The SMILES string of the molecule is Cc1c(Nc2nccc3cc(CN4CC[C@@H](O)C4)cnc23)cccc1-c1cccc(-c2nc3cc4c(c(F)c3o2)CC[C@H]4N2CC[C@@H](C(=O)NS(=O)(=O)C3CC3)C2)c1C. The average Bonchev–Trinajstić information content (AvgIpc) is 3.49. The average molecular weight is 816 g/mol. The molecular weight excluding hydrogens is 770 g/mol. The van der Waals surface area contributed by atoms with Crippen molar-refractivity contribution >= 4 is 49.4 Å². The van der Waals surface area contributed by atoms with Gasteiger partial charge in [-0.2, -0.15) is 0 Å². The molecule has 3 fully saturated rings. The summed E-state index contributed by atoms with van der Waals surface area (Å²) >= 11 is 0. The Morgan fingerprint density at radius 2 is 1.75 bits per heavy atom. The van der Waals surface area contributed by atoms with E-state index in [1.807, 2.05) is 49.5 Å². The number of β-amino-alcohol motifs (C(OH)–C–C–N with tert-alkyl or cyclic N) is 1. The van der Waals surface area contributed by atoms with Crippen molar-refractivity contribution in [2.75, 3.05) is 31.5 Å². The summed E-state index contributed by atoms with van der Waals surface area (Å²) in [4.78, 5) is 31.6. The van der Waals surface area contributed by atoms with Gasteiger partial charge < -0.3 is 14.8 Å². The predicted molar refractivity (Wildman–Crippen MR) is 224 cm³/mol. The van der Waals surface area contributed by atoms with Crippen molar-refractivity contribution in [2.45, 2.75) is 76.3 Å². The molecule has 3 aromatic carbocycles. The predicted octanol–water partition coefficient (Wildman–Crippen LogP) is 7.09. The van der Waals surface area contributed by atoms with Crippen LogP contribution in [-0.2, 0) is 27.8 Å². The van der Waals surface area contributed by atoms with E-state index in [9.17, 15) is 18.3 Å². The van der Waals surface area contributed by atoms with Crippen molar-refractivity contribution < 1.29 is 27.1 Å². The second-order valence-electron chi connectivity index (χ2n) is 16.7. The molecule has 10 rings (SSSR count). The number of aliphatic hydroxyl groups excluding tert-OH is 1. The summed E-state index contributed by atoms with van der Waals surface area (Å²) in [5.74, 6) is -0.274. The first-order valence-electron chi connectivity index (χ1n) is 20.5. The van der Waals surface area contributed by atoms with Gasteiger partial charge in [0.05, 0.1) is 17.3 Å². The van der Waals surface area contributed by atoms with Crippen molar-refractivity contribution in [1.82, 2.24) is 29.5 Å². The quantitative estimate of drug-likeness (QED) is 0.130. The minimum absolute atomic E-state index is 0.0937. The number of benzene rings is 3. The van der Waals surface area contributed by atoms with Gasteiger partial charge in [0.1, 0.15) is 11.0 Å². The van der Waals surface area contributed by atoms with Crippen LogP contribution in [0.5, 0.6) is 0 Å². The molecule has 2 aliphatic heterocycles. The van der Waals surface area contributed by atoms with Crippen LogP contribution in [0.25, 0.3) is 44.6 Å². The second kappa shape index (κ2) is 14.8. The van der Waals surface area contributed by atoms with Crippen LogP contribution in [-0.4, -0.2) is 81.7 Å². The van der Waals surface area contributed by atoms with Gasteiger partial charge in [0.25, 0.3) is 0 Å². The number of aliphatic hydroxyl groups is 1. The third-order valence-electron chi connectivity index (χ3n) is 12.8. The van der Waals surface area contributed by atoms with E-state index in [-0.39, 0.29) is 17.7 Å². The number of pyridine rings is 2. The highest BCUT2D eigenvalue weighted by Gasteiger charge is 2.41. The van der Waals surface area contributed by atoms with Gasteiger partial charge in [0.15, 0.2) is 17.2 Å². The lowest BCUT2D eigenvalue weighted by Gasteiger charge is -2.24. The molecule has 6 aromatic rings. The number of hydrogen-bond donors (Lipinski definition) is 3. The van der Waals surface area contributed by atoms with Crippen LogP contribution >= 0.6 is 0 Å². The van der Waals surface area contributed by atoms with E-state index in [0.717, 1.165) is 75.0 Å². The number of likely N-dealkylation sites (tertiary alicyclic amines) is 2. The topological polar surface area (TPSA) is 154 Å². The van der Waals surface area contributed by atoms with Crippen LogP contribution in [0.15, 0.2) is 71.4 Å². The summed E-state index contributed by atoms with van der Waals surface area (Å²) in [6, 6.07) is 18.0. The molecule has 3 atom stereocenters. The van der Waals surface area contributed by atoms with Gasteiger partial charge >= 0.3 is 0 Å². The number of nitrogens with one attached hydrogen (secondary N) is 2. The highest BCUT2D eigenvalue weighted by Crippen LogP contribution is 2.44. The summed E-state index contributed by atoms with van der Waals surface area (Å²) < 4.78 is 49.6. The van der Waals surface area contributed by atoms with Gasteiger partial charge in [-0.3, -0.25) is 24.3 Å². The Hall–Kier alpha value is -5.28. The van der Waals surface area contributed by atoms with Crippen LogP contribution in [0.1, 0.15) is 66.0 Å². The number of carbonyl (C=O) groups excluding carboxylic acids is 1. The van der Waals surface area contributed by atoms with E-state index in [2.05, 4.69) is 49.9 Å². The van der Waals surface area contributed by atoms with Crippen molar-refractivity contribution in [3.05, 3.63) is 101 Å². The number of carbonyl (C=O) groups is 1. The van der Waals surface area contributed by atoms with Crippen LogP contribution in [0.2, 0.25) is 0 Å². The maximum atomic E-state index is 16.3. The molecule has 12 nitrogen and oxygen atoms in total. The largest absolute Gasteiger partial charge is 0.433 e. The number of fused-ring (bicyclic) bond motifs is 3. The number of amides is 1. The highest BCUT2D eigenvalue weighted by atomic mass is 32.2. The Labute approximate surface area is 341 Å². The van der Waals surface area contributed by atoms with E-state index in [4.69, 9.17) is 14.4 Å². The Morgan fingerprint density at radius 3 is 2.54 bits per heavy atom. The van der Waals surface area contributed by atoms with E-state index >= 15 is 4.39 Å². The summed E-state index contributed by atoms with van der Waals surface area (Å²) in [6.07, 6.45) is 7.19. The summed E-state index contributed by atoms with van der Waals surface area (Å²) in [7, 11) is -3.61. The zero-order chi connectivity index (χ0) is 40.6. The molecular formula is C45H46FN7O5S. The summed E-state index contributed by atoms with van der Waals surface area (Å²) in [5, 5.41) is 14.0. The number of nitrogens with zero attached hydrogens (tertiary/aromatic N) is 5. The first-order valence-corrected chi connectivity index (χ1v) is 22.1. The summed E-state index contributed by atoms with van der Waals surface area (Å²) in [6.45, 7) is 7.44. The minimum atomic E-state index is -3.61.